The molecule has 3 rings (SSSR count). The number of hydrogen-bond acceptors (Lipinski definition) is 4. The van der Waals surface area contributed by atoms with Crippen LogP contribution in [0.3, 0.4) is 0 Å². The monoisotopic (exact) mass is 302 g/mol. The SMILES string of the molecule is C[C@H](NC(=O)c1cc2cc(F)ccc2n1C)c1nc(N)n[nH]1. The number of rotatable bonds is 3. The third-order valence-electron chi connectivity index (χ3n) is 3.51. The summed E-state index contributed by atoms with van der Waals surface area (Å²) in [6.07, 6.45) is 0. The molecular formula is C14H15FN6O. The van der Waals surface area contributed by atoms with Gasteiger partial charge in [0, 0.05) is 18.0 Å². The molecule has 0 saturated carbocycles. The van der Waals surface area contributed by atoms with Crippen LogP contribution in [0.4, 0.5) is 10.3 Å². The number of aromatic amines is 1. The average Bonchev–Trinajstić information content (AvgIpc) is 3.03. The van der Waals surface area contributed by atoms with Crippen molar-refractivity contribution < 1.29 is 9.18 Å². The quantitative estimate of drug-likeness (QED) is 0.682. The minimum atomic E-state index is -0.382. The van der Waals surface area contributed by atoms with E-state index in [9.17, 15) is 9.18 Å². The molecule has 22 heavy (non-hydrogen) atoms. The fraction of sp³-hybridized carbons (Fsp3) is 0.214. The first kappa shape index (κ1) is 14.1. The number of nitrogen functional groups attached to an aromatic ring is 1. The molecule has 0 aliphatic rings. The first-order chi connectivity index (χ1) is 10.5. The fourth-order valence-electron chi connectivity index (χ4n) is 2.36. The molecule has 0 aliphatic heterocycles. The maximum absolute atomic E-state index is 13.3. The van der Waals surface area contributed by atoms with Crippen LogP contribution in [-0.2, 0) is 7.05 Å². The maximum Gasteiger partial charge on any atom is 0.268 e. The Hall–Kier alpha value is -2.90. The highest BCUT2D eigenvalue weighted by molar-refractivity contribution is 5.98. The summed E-state index contributed by atoms with van der Waals surface area (Å²) >= 11 is 0. The van der Waals surface area contributed by atoms with Crippen molar-refractivity contribution in [3.63, 3.8) is 0 Å². The molecule has 1 amide bonds. The Morgan fingerprint density at radius 3 is 2.91 bits per heavy atom. The number of benzene rings is 1. The highest BCUT2D eigenvalue weighted by atomic mass is 19.1. The van der Waals surface area contributed by atoms with Crippen LogP contribution in [0, 0.1) is 5.82 Å². The first-order valence-electron chi connectivity index (χ1n) is 6.69. The van der Waals surface area contributed by atoms with Gasteiger partial charge in [0.25, 0.3) is 5.91 Å². The number of nitrogens with zero attached hydrogens (tertiary/aromatic N) is 3. The zero-order valence-corrected chi connectivity index (χ0v) is 12.1. The predicted molar refractivity (Wildman–Crippen MR) is 79.6 cm³/mol. The zero-order chi connectivity index (χ0) is 15.9. The molecule has 0 fully saturated rings. The molecule has 2 aromatic heterocycles. The van der Waals surface area contributed by atoms with Crippen molar-refractivity contribution in [3.05, 3.63) is 41.6 Å². The molecule has 0 bridgehead atoms. The summed E-state index contributed by atoms with van der Waals surface area (Å²) in [6, 6.07) is 5.67. The lowest BCUT2D eigenvalue weighted by Gasteiger charge is -2.11. The van der Waals surface area contributed by atoms with Crippen molar-refractivity contribution in [1.29, 1.82) is 0 Å². The van der Waals surface area contributed by atoms with Gasteiger partial charge < -0.3 is 15.6 Å². The van der Waals surface area contributed by atoms with E-state index in [-0.39, 0.29) is 23.7 Å². The van der Waals surface area contributed by atoms with Crippen LogP contribution >= 0.6 is 0 Å². The van der Waals surface area contributed by atoms with Gasteiger partial charge in [0.1, 0.15) is 17.3 Å². The number of aryl methyl sites for hydroxylation is 1. The summed E-state index contributed by atoms with van der Waals surface area (Å²) in [7, 11) is 1.76. The van der Waals surface area contributed by atoms with E-state index in [0.717, 1.165) is 5.52 Å². The van der Waals surface area contributed by atoms with Gasteiger partial charge in [-0.15, -0.1) is 5.10 Å². The van der Waals surface area contributed by atoms with Gasteiger partial charge in [0.2, 0.25) is 5.95 Å². The van der Waals surface area contributed by atoms with E-state index in [4.69, 9.17) is 5.73 Å². The largest absolute Gasteiger partial charge is 0.367 e. The zero-order valence-electron chi connectivity index (χ0n) is 12.1. The predicted octanol–water partition coefficient (Wildman–Crippen LogP) is 1.51. The minimum Gasteiger partial charge on any atom is -0.367 e. The number of carbonyl (C=O) groups is 1. The minimum absolute atomic E-state index is 0.121. The van der Waals surface area contributed by atoms with Crippen LogP contribution in [0.5, 0.6) is 0 Å². The van der Waals surface area contributed by atoms with Crippen LogP contribution in [-0.4, -0.2) is 25.7 Å². The topological polar surface area (TPSA) is 102 Å². The number of halogens is 1. The first-order valence-corrected chi connectivity index (χ1v) is 6.69. The number of amides is 1. The van der Waals surface area contributed by atoms with Gasteiger partial charge >= 0.3 is 0 Å². The number of fused-ring (bicyclic) bond motifs is 1. The van der Waals surface area contributed by atoms with E-state index in [2.05, 4.69) is 20.5 Å². The second-order valence-corrected chi connectivity index (χ2v) is 5.07. The lowest BCUT2D eigenvalue weighted by Crippen LogP contribution is -2.28. The summed E-state index contributed by atoms with van der Waals surface area (Å²) in [5.74, 6) is -0.0380. The van der Waals surface area contributed by atoms with Crippen molar-refractivity contribution in [2.24, 2.45) is 7.05 Å². The maximum atomic E-state index is 13.3. The molecule has 0 spiro atoms. The van der Waals surface area contributed by atoms with E-state index < -0.39 is 0 Å². The standard InChI is InChI=1S/C14H15FN6O/c1-7(12-18-14(16)20-19-12)17-13(22)11-6-8-5-9(15)3-4-10(8)21(11)2/h3-7H,1-2H3,(H,17,22)(H3,16,18,19,20)/t7-/m0/s1. The summed E-state index contributed by atoms with van der Waals surface area (Å²) in [4.78, 5) is 16.4. The van der Waals surface area contributed by atoms with E-state index in [1.165, 1.54) is 12.1 Å². The van der Waals surface area contributed by atoms with Crippen LogP contribution in [0.1, 0.15) is 29.3 Å². The third kappa shape index (κ3) is 2.39. The Bertz CT molecular complexity index is 852. The number of nitrogens with two attached hydrogens (primary N) is 1. The Balaban J connectivity index is 1.87. The second-order valence-electron chi connectivity index (χ2n) is 5.07. The van der Waals surface area contributed by atoms with Crippen molar-refractivity contribution in [2.45, 2.75) is 13.0 Å². The second kappa shape index (κ2) is 5.14. The van der Waals surface area contributed by atoms with Gasteiger partial charge in [0.05, 0.1) is 6.04 Å². The van der Waals surface area contributed by atoms with E-state index in [0.29, 0.717) is 16.9 Å². The molecule has 114 valence electrons. The van der Waals surface area contributed by atoms with Crippen molar-refractivity contribution in [1.82, 2.24) is 25.1 Å². The van der Waals surface area contributed by atoms with Crippen LogP contribution < -0.4 is 11.1 Å². The third-order valence-corrected chi connectivity index (χ3v) is 3.51. The van der Waals surface area contributed by atoms with Crippen LogP contribution in [0.15, 0.2) is 24.3 Å². The van der Waals surface area contributed by atoms with Gasteiger partial charge in [-0.25, -0.2) is 4.39 Å². The van der Waals surface area contributed by atoms with E-state index >= 15 is 0 Å². The molecular weight excluding hydrogens is 287 g/mol. The van der Waals surface area contributed by atoms with Crippen LogP contribution in [0.25, 0.3) is 10.9 Å². The Labute approximate surface area is 125 Å². The smallest absolute Gasteiger partial charge is 0.268 e. The van der Waals surface area contributed by atoms with Gasteiger partial charge in [0.15, 0.2) is 0 Å². The van der Waals surface area contributed by atoms with Crippen molar-refractivity contribution in [3.8, 4) is 0 Å². The lowest BCUT2D eigenvalue weighted by atomic mass is 10.2. The van der Waals surface area contributed by atoms with Crippen LogP contribution in [0.2, 0.25) is 0 Å². The normalized spacial score (nSPS) is 12.5. The molecule has 8 heteroatoms. The van der Waals surface area contributed by atoms with Gasteiger partial charge in [-0.05, 0) is 31.2 Å². The molecule has 0 saturated heterocycles. The molecule has 1 atom stereocenters. The van der Waals surface area contributed by atoms with Gasteiger partial charge in [-0.2, -0.15) is 4.98 Å². The Morgan fingerprint density at radius 2 is 2.23 bits per heavy atom. The molecule has 7 nitrogen and oxygen atoms in total. The number of carbonyl (C=O) groups excluding carboxylic acids is 1. The Kier molecular flexibility index (Phi) is 3.28. The number of nitrogens with one attached hydrogen (secondary N) is 2. The average molecular weight is 302 g/mol. The number of H-pyrrole nitrogens is 1. The van der Waals surface area contributed by atoms with Gasteiger partial charge in [-0.1, -0.05) is 0 Å². The number of aromatic nitrogens is 4. The highest BCUT2D eigenvalue weighted by Gasteiger charge is 2.18. The van der Waals surface area contributed by atoms with Crippen molar-refractivity contribution >= 4 is 22.8 Å². The molecule has 0 radical (unpaired) electrons. The van der Waals surface area contributed by atoms with Gasteiger partial charge in [-0.3, -0.25) is 9.89 Å². The van der Waals surface area contributed by atoms with E-state index in [1.807, 2.05) is 0 Å². The number of hydrogen-bond donors (Lipinski definition) is 3. The lowest BCUT2D eigenvalue weighted by molar-refractivity contribution is 0.0930. The summed E-state index contributed by atoms with van der Waals surface area (Å²) in [6.45, 7) is 1.76. The Morgan fingerprint density at radius 1 is 1.45 bits per heavy atom. The summed E-state index contributed by atoms with van der Waals surface area (Å²) in [5, 5.41) is 9.85. The summed E-state index contributed by atoms with van der Waals surface area (Å²) < 4.78 is 15.0. The molecule has 0 aliphatic carbocycles. The molecule has 3 aromatic rings. The molecule has 4 N–H and O–H groups in total. The summed E-state index contributed by atoms with van der Waals surface area (Å²) in [5.41, 5.74) is 6.65. The van der Waals surface area contributed by atoms with Crippen molar-refractivity contribution in [2.75, 3.05) is 5.73 Å². The molecule has 2 heterocycles. The molecule has 1 aromatic carbocycles. The fourth-order valence-corrected chi connectivity index (χ4v) is 2.36. The van der Waals surface area contributed by atoms with E-state index in [1.54, 1.807) is 30.7 Å². The molecule has 0 unspecified atom stereocenters. The highest BCUT2D eigenvalue weighted by Crippen LogP contribution is 2.20. The number of anilines is 1.